The van der Waals surface area contributed by atoms with Gasteiger partial charge in [0, 0.05) is 43.7 Å². The minimum Gasteiger partial charge on any atom is -0.501 e. The summed E-state index contributed by atoms with van der Waals surface area (Å²) in [6.07, 6.45) is 7.07. The number of para-hydroxylation sites is 1. The van der Waals surface area contributed by atoms with Crippen molar-refractivity contribution in [3.8, 4) is 11.5 Å². The lowest BCUT2D eigenvalue weighted by atomic mass is 10.1. The number of ether oxygens (including phenoxy) is 4. The predicted octanol–water partition coefficient (Wildman–Crippen LogP) is 4.88. The molecule has 0 saturated heterocycles. The van der Waals surface area contributed by atoms with Crippen LogP contribution in [0.3, 0.4) is 0 Å². The van der Waals surface area contributed by atoms with Crippen LogP contribution >= 0.6 is 0 Å². The van der Waals surface area contributed by atoms with Gasteiger partial charge in [-0.15, -0.1) is 0 Å². The molecule has 0 aromatic heterocycles. The van der Waals surface area contributed by atoms with Crippen LogP contribution in [0.4, 0.5) is 0 Å². The van der Waals surface area contributed by atoms with E-state index in [2.05, 4.69) is 66.1 Å². The Morgan fingerprint density at radius 1 is 1.03 bits per heavy atom. The summed E-state index contributed by atoms with van der Waals surface area (Å²) in [7, 11) is 1.71. The summed E-state index contributed by atoms with van der Waals surface area (Å²) in [4.78, 5) is 4.54. The lowest BCUT2D eigenvalue weighted by Crippen LogP contribution is -2.37. The Morgan fingerprint density at radius 2 is 1.79 bits per heavy atom. The fraction of sp³-hybridized carbons (Fsp3) is 0.429. The Balaban J connectivity index is 1.16. The maximum absolute atomic E-state index is 6.04. The maximum Gasteiger partial charge on any atom is 0.142 e. The third-order valence-corrected chi connectivity index (χ3v) is 6.09. The van der Waals surface area contributed by atoms with Crippen molar-refractivity contribution in [3.05, 3.63) is 83.1 Å². The zero-order chi connectivity index (χ0) is 23.8. The molecule has 34 heavy (non-hydrogen) atoms. The van der Waals surface area contributed by atoms with Crippen molar-refractivity contribution in [2.45, 2.75) is 39.5 Å². The van der Waals surface area contributed by atoms with Crippen molar-refractivity contribution < 1.29 is 18.9 Å². The molecular formula is C28H36N2O4. The molecule has 4 rings (SSSR count). The molecule has 2 aliphatic heterocycles. The Kier molecular flexibility index (Phi) is 8.63. The van der Waals surface area contributed by atoms with Gasteiger partial charge in [-0.3, -0.25) is 9.80 Å². The smallest absolute Gasteiger partial charge is 0.142 e. The van der Waals surface area contributed by atoms with Gasteiger partial charge in [0.2, 0.25) is 0 Å². The molecule has 0 spiro atoms. The number of nitrogens with zero attached hydrogens (tertiary/aromatic N) is 2. The number of benzene rings is 2. The van der Waals surface area contributed by atoms with E-state index < -0.39 is 0 Å². The van der Waals surface area contributed by atoms with Crippen LogP contribution in [-0.4, -0.2) is 56.2 Å². The molecule has 0 radical (unpaired) electrons. The molecule has 2 aliphatic rings. The summed E-state index contributed by atoms with van der Waals surface area (Å²) < 4.78 is 23.3. The molecule has 2 aromatic carbocycles. The standard InChI is InChI=1S/C28H36N2O4/c1-22-11-12-28-25(16-22)19-29(20-33-28)14-7-6-9-26(31-3)13-15-32-23(2)17-30-18-24-8-4-5-10-27(24)34-21-30/h4-12,16,23H,13-15,17-21H2,1-3H3/b7-6+,26-9-. The molecular weight excluding hydrogens is 428 g/mol. The van der Waals surface area contributed by atoms with E-state index in [0.29, 0.717) is 20.1 Å². The van der Waals surface area contributed by atoms with Crippen molar-refractivity contribution in [2.75, 3.05) is 40.3 Å². The Bertz CT molecular complexity index is 1000. The monoisotopic (exact) mass is 464 g/mol. The van der Waals surface area contributed by atoms with E-state index in [1.807, 2.05) is 18.2 Å². The molecule has 1 atom stereocenters. The zero-order valence-electron chi connectivity index (χ0n) is 20.5. The van der Waals surface area contributed by atoms with Crippen LogP contribution in [0.25, 0.3) is 0 Å². The van der Waals surface area contributed by atoms with Gasteiger partial charge in [-0.2, -0.15) is 0 Å². The molecule has 0 aliphatic carbocycles. The number of fused-ring (bicyclic) bond motifs is 2. The van der Waals surface area contributed by atoms with Crippen molar-refractivity contribution in [2.24, 2.45) is 0 Å². The normalized spacial score (nSPS) is 17.6. The molecule has 2 aromatic rings. The average molecular weight is 465 g/mol. The molecule has 1 unspecified atom stereocenters. The number of hydrogen-bond donors (Lipinski definition) is 0. The van der Waals surface area contributed by atoms with Crippen LogP contribution in [0.2, 0.25) is 0 Å². The highest BCUT2D eigenvalue weighted by molar-refractivity contribution is 5.38. The molecule has 0 fully saturated rings. The topological polar surface area (TPSA) is 43.4 Å². The van der Waals surface area contributed by atoms with Gasteiger partial charge in [0.15, 0.2) is 0 Å². The van der Waals surface area contributed by atoms with E-state index in [1.165, 1.54) is 16.7 Å². The lowest BCUT2D eigenvalue weighted by molar-refractivity contribution is 0.00537. The number of aryl methyl sites for hydroxylation is 1. The fourth-order valence-electron chi connectivity index (χ4n) is 4.29. The highest BCUT2D eigenvalue weighted by atomic mass is 16.5. The van der Waals surface area contributed by atoms with Gasteiger partial charge in [-0.1, -0.05) is 48.0 Å². The van der Waals surface area contributed by atoms with Gasteiger partial charge in [-0.05, 0) is 32.1 Å². The molecule has 6 nitrogen and oxygen atoms in total. The maximum atomic E-state index is 6.04. The summed E-state index contributed by atoms with van der Waals surface area (Å²) in [5.41, 5.74) is 3.74. The first-order chi connectivity index (χ1) is 16.6. The number of rotatable bonds is 10. The van der Waals surface area contributed by atoms with Crippen molar-refractivity contribution >= 4 is 0 Å². The summed E-state index contributed by atoms with van der Waals surface area (Å²) >= 11 is 0. The van der Waals surface area contributed by atoms with Crippen LogP contribution in [0.1, 0.15) is 30.0 Å². The zero-order valence-corrected chi connectivity index (χ0v) is 20.5. The molecule has 182 valence electrons. The summed E-state index contributed by atoms with van der Waals surface area (Å²) in [5.74, 6) is 2.90. The Labute approximate surface area is 203 Å². The van der Waals surface area contributed by atoms with Crippen molar-refractivity contribution in [1.82, 2.24) is 9.80 Å². The highest BCUT2D eigenvalue weighted by Crippen LogP contribution is 2.26. The van der Waals surface area contributed by atoms with Gasteiger partial charge in [0.1, 0.15) is 25.0 Å². The molecule has 0 bridgehead atoms. The van der Waals surface area contributed by atoms with Crippen LogP contribution in [0, 0.1) is 6.92 Å². The molecule has 0 N–H and O–H groups in total. The molecule has 0 saturated carbocycles. The minimum absolute atomic E-state index is 0.119. The molecule has 6 heteroatoms. The Hall–Kier alpha value is -2.80. The van der Waals surface area contributed by atoms with Gasteiger partial charge in [-0.25, -0.2) is 0 Å². The van der Waals surface area contributed by atoms with Crippen LogP contribution in [0.5, 0.6) is 11.5 Å². The fourth-order valence-corrected chi connectivity index (χ4v) is 4.29. The third-order valence-electron chi connectivity index (χ3n) is 6.09. The summed E-state index contributed by atoms with van der Waals surface area (Å²) in [5, 5.41) is 0. The van der Waals surface area contributed by atoms with E-state index >= 15 is 0 Å². The number of allylic oxidation sites excluding steroid dienone is 2. The van der Waals surface area contributed by atoms with E-state index in [9.17, 15) is 0 Å². The van der Waals surface area contributed by atoms with Gasteiger partial charge < -0.3 is 18.9 Å². The summed E-state index contributed by atoms with van der Waals surface area (Å²) in [6.45, 7) is 9.52. The Morgan fingerprint density at radius 3 is 2.65 bits per heavy atom. The van der Waals surface area contributed by atoms with Gasteiger partial charge >= 0.3 is 0 Å². The van der Waals surface area contributed by atoms with E-state index in [1.54, 1.807) is 7.11 Å². The number of methoxy groups -OCH3 is 1. The van der Waals surface area contributed by atoms with E-state index in [-0.39, 0.29) is 6.10 Å². The van der Waals surface area contributed by atoms with Gasteiger partial charge in [0.05, 0.1) is 25.6 Å². The first-order valence-electron chi connectivity index (χ1n) is 12.0. The second-order valence-corrected chi connectivity index (χ2v) is 8.99. The van der Waals surface area contributed by atoms with E-state index in [0.717, 1.165) is 49.9 Å². The summed E-state index contributed by atoms with van der Waals surface area (Å²) in [6, 6.07) is 14.6. The van der Waals surface area contributed by atoms with Crippen LogP contribution < -0.4 is 9.47 Å². The molecule has 2 heterocycles. The van der Waals surface area contributed by atoms with E-state index in [4.69, 9.17) is 18.9 Å². The van der Waals surface area contributed by atoms with Crippen LogP contribution in [-0.2, 0) is 22.6 Å². The second kappa shape index (κ2) is 12.1. The van der Waals surface area contributed by atoms with Crippen molar-refractivity contribution in [1.29, 1.82) is 0 Å². The first-order valence-corrected chi connectivity index (χ1v) is 12.0. The molecule has 0 amide bonds. The second-order valence-electron chi connectivity index (χ2n) is 8.99. The third kappa shape index (κ3) is 6.86. The van der Waals surface area contributed by atoms with Gasteiger partial charge in [0.25, 0.3) is 0 Å². The quantitative estimate of drug-likeness (QED) is 0.369. The largest absolute Gasteiger partial charge is 0.501 e. The van der Waals surface area contributed by atoms with Crippen molar-refractivity contribution in [3.63, 3.8) is 0 Å². The first kappa shape index (κ1) is 24.3. The predicted molar refractivity (Wildman–Crippen MR) is 134 cm³/mol. The lowest BCUT2D eigenvalue weighted by Gasteiger charge is -2.30. The highest BCUT2D eigenvalue weighted by Gasteiger charge is 2.19. The minimum atomic E-state index is 0.119. The SMILES string of the molecule is CO/C(=C\C=C\CN1COc2ccc(C)cc2C1)CCOC(C)CN1COc2ccccc2C1. The van der Waals surface area contributed by atoms with Crippen LogP contribution in [0.15, 0.2) is 66.5 Å². The average Bonchev–Trinajstić information content (AvgIpc) is 2.85. The number of hydrogen-bond acceptors (Lipinski definition) is 6.